The summed E-state index contributed by atoms with van der Waals surface area (Å²) in [6.07, 6.45) is -0.0118. The second kappa shape index (κ2) is 6.35. The Morgan fingerprint density at radius 3 is 2.52 bits per heavy atom. The van der Waals surface area contributed by atoms with Gasteiger partial charge >= 0.3 is 6.18 Å². The van der Waals surface area contributed by atoms with Crippen LogP contribution >= 0.6 is 0 Å². The molecule has 0 saturated heterocycles. The van der Waals surface area contributed by atoms with Crippen molar-refractivity contribution in [2.24, 2.45) is 11.7 Å². The fourth-order valence-corrected chi connectivity index (χ4v) is 2.92. The maximum Gasteiger partial charge on any atom is 0.417 e. The molecule has 3 N–H and O–H groups in total. The SMILES string of the molecule is N#Cc1cc(NC(CN)C2CCCC2)ccc1C(F)(F)F. The molecular weight excluding hydrogens is 279 g/mol. The summed E-state index contributed by atoms with van der Waals surface area (Å²) in [5, 5.41) is 12.1. The van der Waals surface area contributed by atoms with Crippen molar-refractivity contribution in [3.63, 3.8) is 0 Å². The van der Waals surface area contributed by atoms with E-state index in [2.05, 4.69) is 5.32 Å². The van der Waals surface area contributed by atoms with E-state index in [-0.39, 0.29) is 11.6 Å². The summed E-state index contributed by atoms with van der Waals surface area (Å²) in [7, 11) is 0. The summed E-state index contributed by atoms with van der Waals surface area (Å²) in [5.41, 5.74) is 5.01. The molecular formula is C15H18F3N3. The molecule has 1 fully saturated rings. The van der Waals surface area contributed by atoms with Gasteiger partial charge < -0.3 is 11.1 Å². The van der Waals surface area contributed by atoms with Crippen molar-refractivity contribution >= 4 is 5.69 Å². The Bertz CT molecular complexity index is 528. The monoisotopic (exact) mass is 297 g/mol. The number of hydrogen-bond acceptors (Lipinski definition) is 3. The van der Waals surface area contributed by atoms with Crippen molar-refractivity contribution in [3.8, 4) is 6.07 Å². The van der Waals surface area contributed by atoms with Crippen LogP contribution in [0.5, 0.6) is 0 Å². The summed E-state index contributed by atoms with van der Waals surface area (Å²) in [5.74, 6) is 0.447. The molecule has 1 aliphatic carbocycles. The minimum Gasteiger partial charge on any atom is -0.381 e. The zero-order valence-electron chi connectivity index (χ0n) is 11.6. The zero-order chi connectivity index (χ0) is 15.5. The Hall–Kier alpha value is -1.74. The molecule has 1 saturated carbocycles. The van der Waals surface area contributed by atoms with Gasteiger partial charge in [-0.3, -0.25) is 0 Å². The molecule has 0 amide bonds. The normalized spacial score (nSPS) is 17.5. The van der Waals surface area contributed by atoms with Crippen molar-refractivity contribution < 1.29 is 13.2 Å². The van der Waals surface area contributed by atoms with E-state index in [1.807, 2.05) is 0 Å². The smallest absolute Gasteiger partial charge is 0.381 e. The minimum atomic E-state index is -4.51. The molecule has 21 heavy (non-hydrogen) atoms. The van der Waals surface area contributed by atoms with Crippen LogP contribution in [0.15, 0.2) is 18.2 Å². The van der Waals surface area contributed by atoms with Crippen molar-refractivity contribution in [1.82, 2.24) is 0 Å². The van der Waals surface area contributed by atoms with E-state index < -0.39 is 11.7 Å². The van der Waals surface area contributed by atoms with Crippen LogP contribution in [0.3, 0.4) is 0 Å². The van der Waals surface area contributed by atoms with Gasteiger partial charge in [0.25, 0.3) is 0 Å². The summed E-state index contributed by atoms with van der Waals surface area (Å²) in [4.78, 5) is 0. The van der Waals surface area contributed by atoms with E-state index in [9.17, 15) is 13.2 Å². The van der Waals surface area contributed by atoms with Gasteiger partial charge in [0.1, 0.15) is 0 Å². The summed E-state index contributed by atoms with van der Waals surface area (Å²) in [6.45, 7) is 0.424. The van der Waals surface area contributed by atoms with Gasteiger partial charge in [-0.15, -0.1) is 0 Å². The van der Waals surface area contributed by atoms with Crippen molar-refractivity contribution in [2.75, 3.05) is 11.9 Å². The number of nitriles is 1. The molecule has 0 aliphatic heterocycles. The number of benzene rings is 1. The fraction of sp³-hybridized carbons (Fsp3) is 0.533. The first-order chi connectivity index (χ1) is 9.95. The van der Waals surface area contributed by atoms with E-state index in [1.54, 1.807) is 6.07 Å². The van der Waals surface area contributed by atoms with Crippen LogP contribution < -0.4 is 11.1 Å². The molecule has 1 aromatic carbocycles. The Labute approximate surface area is 121 Å². The lowest BCUT2D eigenvalue weighted by atomic mass is 9.97. The van der Waals surface area contributed by atoms with E-state index in [0.717, 1.165) is 18.9 Å². The first kappa shape index (κ1) is 15.6. The molecule has 6 heteroatoms. The molecule has 0 heterocycles. The Morgan fingerprint density at radius 2 is 2.00 bits per heavy atom. The molecule has 1 aromatic rings. The van der Waals surface area contributed by atoms with Gasteiger partial charge in [-0.25, -0.2) is 0 Å². The predicted molar refractivity (Wildman–Crippen MR) is 74.6 cm³/mol. The average molecular weight is 297 g/mol. The number of rotatable bonds is 4. The van der Waals surface area contributed by atoms with Gasteiger partial charge in [0.2, 0.25) is 0 Å². The van der Waals surface area contributed by atoms with Crippen LogP contribution in [0.2, 0.25) is 0 Å². The Kier molecular flexibility index (Phi) is 4.73. The lowest BCUT2D eigenvalue weighted by molar-refractivity contribution is -0.137. The summed E-state index contributed by atoms with van der Waals surface area (Å²) >= 11 is 0. The highest BCUT2D eigenvalue weighted by atomic mass is 19.4. The predicted octanol–water partition coefficient (Wildman–Crippen LogP) is 3.51. The number of alkyl halides is 3. The number of nitrogens with zero attached hydrogens (tertiary/aromatic N) is 1. The van der Waals surface area contributed by atoms with Gasteiger partial charge in [-0.05, 0) is 37.0 Å². The first-order valence-corrected chi connectivity index (χ1v) is 7.03. The van der Waals surface area contributed by atoms with E-state index in [0.29, 0.717) is 18.2 Å². The molecule has 0 radical (unpaired) electrons. The van der Waals surface area contributed by atoms with Crippen LogP contribution in [-0.2, 0) is 6.18 Å². The third-order valence-electron chi connectivity index (χ3n) is 4.02. The van der Waals surface area contributed by atoms with Crippen LogP contribution in [0.1, 0.15) is 36.8 Å². The van der Waals surface area contributed by atoms with Crippen LogP contribution in [-0.4, -0.2) is 12.6 Å². The van der Waals surface area contributed by atoms with Crippen LogP contribution in [0, 0.1) is 17.2 Å². The lowest BCUT2D eigenvalue weighted by Crippen LogP contribution is -2.35. The lowest BCUT2D eigenvalue weighted by Gasteiger charge is -2.24. The van der Waals surface area contributed by atoms with Gasteiger partial charge in [0.15, 0.2) is 0 Å². The largest absolute Gasteiger partial charge is 0.417 e. The highest BCUT2D eigenvalue weighted by Crippen LogP contribution is 2.34. The molecule has 1 aliphatic rings. The number of hydrogen-bond donors (Lipinski definition) is 2. The summed E-state index contributed by atoms with van der Waals surface area (Å²) in [6, 6.07) is 5.21. The molecule has 1 unspecified atom stereocenters. The molecule has 114 valence electrons. The quantitative estimate of drug-likeness (QED) is 0.894. The molecule has 2 rings (SSSR count). The highest BCUT2D eigenvalue weighted by molar-refractivity contribution is 5.54. The Morgan fingerprint density at radius 1 is 1.33 bits per heavy atom. The second-order valence-corrected chi connectivity index (χ2v) is 5.40. The third-order valence-corrected chi connectivity index (χ3v) is 4.02. The standard InChI is InChI=1S/C15H18F3N3/c16-15(17,18)13-6-5-12(7-11(13)8-19)21-14(9-20)10-3-1-2-4-10/h5-7,10,14,21H,1-4,9,20H2. The molecule has 0 spiro atoms. The van der Waals surface area contributed by atoms with Gasteiger partial charge in [-0.2, -0.15) is 18.4 Å². The average Bonchev–Trinajstić information content (AvgIpc) is 2.97. The Balaban J connectivity index is 2.19. The van der Waals surface area contributed by atoms with Gasteiger partial charge in [-0.1, -0.05) is 12.8 Å². The summed E-state index contributed by atoms with van der Waals surface area (Å²) < 4.78 is 38.2. The fourth-order valence-electron chi connectivity index (χ4n) is 2.92. The van der Waals surface area contributed by atoms with E-state index >= 15 is 0 Å². The third kappa shape index (κ3) is 3.67. The number of anilines is 1. The van der Waals surface area contributed by atoms with Gasteiger partial charge in [0.05, 0.1) is 17.2 Å². The van der Waals surface area contributed by atoms with Crippen molar-refractivity contribution in [2.45, 2.75) is 37.9 Å². The van der Waals surface area contributed by atoms with Crippen molar-refractivity contribution in [3.05, 3.63) is 29.3 Å². The maximum absolute atomic E-state index is 12.7. The highest BCUT2D eigenvalue weighted by Gasteiger charge is 2.33. The topological polar surface area (TPSA) is 61.8 Å². The molecule has 0 bridgehead atoms. The second-order valence-electron chi connectivity index (χ2n) is 5.40. The maximum atomic E-state index is 12.7. The van der Waals surface area contributed by atoms with E-state index in [4.69, 9.17) is 11.0 Å². The number of nitrogens with one attached hydrogen (secondary N) is 1. The molecule has 0 aromatic heterocycles. The van der Waals surface area contributed by atoms with E-state index in [1.165, 1.54) is 25.0 Å². The zero-order valence-corrected chi connectivity index (χ0v) is 11.6. The first-order valence-electron chi connectivity index (χ1n) is 7.03. The number of nitrogens with two attached hydrogens (primary N) is 1. The minimum absolute atomic E-state index is 0.0378. The van der Waals surface area contributed by atoms with Crippen LogP contribution in [0.25, 0.3) is 0 Å². The molecule has 3 nitrogen and oxygen atoms in total. The van der Waals surface area contributed by atoms with Crippen LogP contribution in [0.4, 0.5) is 18.9 Å². The van der Waals surface area contributed by atoms with Crippen molar-refractivity contribution in [1.29, 1.82) is 5.26 Å². The molecule has 1 atom stereocenters. The number of halogens is 3. The van der Waals surface area contributed by atoms with Gasteiger partial charge in [0, 0.05) is 18.3 Å².